The van der Waals surface area contributed by atoms with Crippen molar-refractivity contribution in [2.45, 2.75) is 11.8 Å². The average molecular weight is 264 g/mol. The molecule has 0 heterocycles. The maximum Gasteiger partial charge on any atom is 0.298 e. The van der Waals surface area contributed by atoms with Gasteiger partial charge in [0.2, 0.25) is 0 Å². The summed E-state index contributed by atoms with van der Waals surface area (Å²) in [5.74, 6) is -0.460. The van der Waals surface area contributed by atoms with Gasteiger partial charge < -0.3 is 5.11 Å². The van der Waals surface area contributed by atoms with Crippen LogP contribution in [0, 0.1) is 6.92 Å². The lowest BCUT2D eigenvalue weighted by Crippen LogP contribution is -2.01. The van der Waals surface area contributed by atoms with Crippen molar-refractivity contribution < 1.29 is 18.1 Å². The second-order valence-corrected chi connectivity index (χ2v) is 5.30. The Kier molecular flexibility index (Phi) is 3.11. The highest BCUT2D eigenvalue weighted by Crippen LogP contribution is 2.35. The smallest absolute Gasteiger partial charge is 0.298 e. The summed E-state index contributed by atoms with van der Waals surface area (Å²) >= 11 is 0. The van der Waals surface area contributed by atoms with E-state index >= 15 is 0 Å². The molecule has 18 heavy (non-hydrogen) atoms. The third-order valence-electron chi connectivity index (χ3n) is 2.69. The Balaban J connectivity index is 2.82. The largest absolute Gasteiger partial charge is 0.506 e. The Morgan fingerprint density at radius 1 is 0.944 bits per heavy atom. The fraction of sp³-hybridized carbons (Fsp3) is 0.0769. The van der Waals surface area contributed by atoms with Crippen molar-refractivity contribution >= 4 is 10.1 Å². The molecule has 0 aliphatic carbocycles. The van der Waals surface area contributed by atoms with Gasteiger partial charge in [0.25, 0.3) is 10.1 Å². The normalized spacial score (nSPS) is 11.4. The van der Waals surface area contributed by atoms with Gasteiger partial charge >= 0.3 is 0 Å². The van der Waals surface area contributed by atoms with E-state index in [0.717, 1.165) is 5.56 Å². The molecule has 0 radical (unpaired) electrons. The van der Waals surface area contributed by atoms with Crippen LogP contribution in [0.1, 0.15) is 5.56 Å². The third-order valence-corrected chi connectivity index (χ3v) is 3.63. The van der Waals surface area contributed by atoms with Crippen LogP contribution in [0.5, 0.6) is 5.75 Å². The highest BCUT2D eigenvalue weighted by atomic mass is 32.2. The molecule has 2 N–H and O–H groups in total. The Morgan fingerprint density at radius 2 is 1.56 bits per heavy atom. The highest BCUT2D eigenvalue weighted by molar-refractivity contribution is 7.86. The minimum atomic E-state index is -4.48. The fourth-order valence-corrected chi connectivity index (χ4v) is 2.67. The molecule has 2 aromatic carbocycles. The van der Waals surface area contributed by atoms with Crippen LogP contribution in [-0.4, -0.2) is 18.1 Å². The number of aryl methyl sites for hydroxylation is 1. The molecule has 0 atom stereocenters. The van der Waals surface area contributed by atoms with E-state index in [0.29, 0.717) is 5.56 Å². The number of phenols is 1. The van der Waals surface area contributed by atoms with E-state index in [1.54, 1.807) is 18.2 Å². The third kappa shape index (κ3) is 2.23. The van der Waals surface area contributed by atoms with Crippen LogP contribution in [-0.2, 0) is 10.1 Å². The van der Waals surface area contributed by atoms with Crippen LogP contribution in [0.2, 0.25) is 0 Å². The number of hydrogen-bond acceptors (Lipinski definition) is 3. The predicted molar refractivity (Wildman–Crippen MR) is 68.1 cm³/mol. The average Bonchev–Trinajstić information content (AvgIpc) is 2.27. The standard InChI is InChI=1S/C13H12O4S/c1-9-5-2-3-6-10(9)11-7-4-8-12(14)13(11)18(15,16)17/h2-8,14H,1H3,(H,15,16,17). The summed E-state index contributed by atoms with van der Waals surface area (Å²) in [5, 5.41) is 9.64. The van der Waals surface area contributed by atoms with Crippen molar-refractivity contribution in [2.24, 2.45) is 0 Å². The first-order valence-electron chi connectivity index (χ1n) is 5.27. The van der Waals surface area contributed by atoms with Gasteiger partial charge in [-0.3, -0.25) is 4.55 Å². The second-order valence-electron chi connectivity index (χ2n) is 3.94. The fourth-order valence-electron chi connectivity index (χ4n) is 1.88. The van der Waals surface area contributed by atoms with Crippen LogP contribution in [0.3, 0.4) is 0 Å². The van der Waals surface area contributed by atoms with Gasteiger partial charge in [0.15, 0.2) is 0 Å². The lowest BCUT2D eigenvalue weighted by molar-refractivity contribution is 0.444. The molecule has 2 aromatic rings. The van der Waals surface area contributed by atoms with Gasteiger partial charge in [-0.2, -0.15) is 8.42 Å². The number of hydrogen-bond donors (Lipinski definition) is 2. The van der Waals surface area contributed by atoms with Gasteiger partial charge in [-0.05, 0) is 24.1 Å². The molecule has 4 nitrogen and oxygen atoms in total. The van der Waals surface area contributed by atoms with Crippen LogP contribution in [0.4, 0.5) is 0 Å². The molecule has 0 unspecified atom stereocenters. The molecule has 0 aromatic heterocycles. The molecular weight excluding hydrogens is 252 g/mol. The van der Waals surface area contributed by atoms with Gasteiger partial charge in [-0.25, -0.2) is 0 Å². The number of aromatic hydroxyl groups is 1. The highest BCUT2D eigenvalue weighted by Gasteiger charge is 2.21. The maximum atomic E-state index is 11.4. The van der Waals surface area contributed by atoms with Crippen molar-refractivity contribution in [3.05, 3.63) is 48.0 Å². The van der Waals surface area contributed by atoms with E-state index in [2.05, 4.69) is 0 Å². The predicted octanol–water partition coefficient (Wildman–Crippen LogP) is 2.61. The van der Waals surface area contributed by atoms with E-state index in [9.17, 15) is 18.1 Å². The molecule has 0 aliphatic heterocycles. The van der Waals surface area contributed by atoms with Crippen LogP contribution < -0.4 is 0 Å². The summed E-state index contributed by atoms with van der Waals surface area (Å²) in [6.07, 6.45) is 0. The Labute approximate surface area is 105 Å². The van der Waals surface area contributed by atoms with Gasteiger partial charge in [0.1, 0.15) is 10.6 Å². The number of rotatable bonds is 2. The first kappa shape index (κ1) is 12.6. The molecule has 0 spiro atoms. The first-order chi connectivity index (χ1) is 8.41. The van der Waals surface area contributed by atoms with E-state index in [4.69, 9.17) is 0 Å². The van der Waals surface area contributed by atoms with Crippen molar-refractivity contribution in [1.82, 2.24) is 0 Å². The van der Waals surface area contributed by atoms with Crippen LogP contribution in [0.15, 0.2) is 47.4 Å². The molecule has 94 valence electrons. The van der Waals surface area contributed by atoms with Gasteiger partial charge in [0, 0.05) is 5.56 Å². The summed E-state index contributed by atoms with van der Waals surface area (Å²) in [6.45, 7) is 1.83. The zero-order valence-corrected chi connectivity index (χ0v) is 10.5. The molecule has 0 aliphatic rings. The molecule has 0 saturated carbocycles. The summed E-state index contributed by atoms with van der Waals surface area (Å²) in [6, 6.07) is 11.5. The van der Waals surface area contributed by atoms with E-state index < -0.39 is 20.8 Å². The quantitative estimate of drug-likeness (QED) is 0.818. The van der Waals surface area contributed by atoms with Crippen LogP contribution >= 0.6 is 0 Å². The summed E-state index contributed by atoms with van der Waals surface area (Å²) < 4.78 is 31.9. The molecule has 0 bridgehead atoms. The second kappa shape index (κ2) is 4.44. The van der Waals surface area contributed by atoms with Crippen molar-refractivity contribution in [3.63, 3.8) is 0 Å². The van der Waals surface area contributed by atoms with Crippen molar-refractivity contribution in [2.75, 3.05) is 0 Å². The number of phenolic OH excluding ortho intramolecular Hbond substituents is 1. The first-order valence-corrected chi connectivity index (χ1v) is 6.71. The van der Waals surface area contributed by atoms with Gasteiger partial charge in [0.05, 0.1) is 0 Å². The lowest BCUT2D eigenvalue weighted by Gasteiger charge is -2.11. The van der Waals surface area contributed by atoms with Crippen LogP contribution in [0.25, 0.3) is 11.1 Å². The lowest BCUT2D eigenvalue weighted by atomic mass is 10.0. The Hall–Kier alpha value is -1.85. The maximum absolute atomic E-state index is 11.4. The number of benzene rings is 2. The van der Waals surface area contributed by atoms with Crippen molar-refractivity contribution in [3.8, 4) is 16.9 Å². The van der Waals surface area contributed by atoms with Gasteiger partial charge in [-0.1, -0.05) is 36.4 Å². The molecular formula is C13H12O4S. The zero-order valence-electron chi connectivity index (χ0n) is 9.66. The topological polar surface area (TPSA) is 74.6 Å². The Morgan fingerprint density at radius 3 is 2.17 bits per heavy atom. The molecule has 2 rings (SSSR count). The molecule has 0 amide bonds. The summed E-state index contributed by atoms with van der Waals surface area (Å²) in [4.78, 5) is -0.459. The minimum Gasteiger partial charge on any atom is -0.506 e. The van der Waals surface area contributed by atoms with E-state index in [1.807, 2.05) is 19.1 Å². The summed E-state index contributed by atoms with van der Waals surface area (Å²) in [5.41, 5.74) is 1.80. The molecule has 0 fully saturated rings. The molecule has 5 heteroatoms. The zero-order chi connectivity index (χ0) is 13.3. The van der Waals surface area contributed by atoms with Gasteiger partial charge in [-0.15, -0.1) is 0 Å². The Bertz CT molecular complexity index is 690. The van der Waals surface area contributed by atoms with Crippen molar-refractivity contribution in [1.29, 1.82) is 0 Å². The van der Waals surface area contributed by atoms with E-state index in [-0.39, 0.29) is 5.56 Å². The monoisotopic (exact) mass is 264 g/mol. The summed E-state index contributed by atoms with van der Waals surface area (Å²) in [7, 11) is -4.48. The minimum absolute atomic E-state index is 0.288. The SMILES string of the molecule is Cc1ccccc1-c1cccc(O)c1S(=O)(=O)O. The van der Waals surface area contributed by atoms with E-state index in [1.165, 1.54) is 12.1 Å². The molecule has 0 saturated heterocycles.